The summed E-state index contributed by atoms with van der Waals surface area (Å²) in [5.74, 6) is -2.12. The number of aromatic nitrogens is 2. The van der Waals surface area contributed by atoms with Crippen molar-refractivity contribution >= 4 is 23.5 Å². The fourth-order valence-corrected chi connectivity index (χ4v) is 3.17. The summed E-state index contributed by atoms with van der Waals surface area (Å²) in [4.78, 5) is 48.5. The summed E-state index contributed by atoms with van der Waals surface area (Å²) in [5.41, 5.74) is 1.13. The lowest BCUT2D eigenvalue weighted by Crippen LogP contribution is -2.23. The van der Waals surface area contributed by atoms with Gasteiger partial charge in [0.2, 0.25) is 5.91 Å². The summed E-state index contributed by atoms with van der Waals surface area (Å²) in [6, 6.07) is 12.7. The van der Waals surface area contributed by atoms with Gasteiger partial charge in [0.1, 0.15) is 5.82 Å². The van der Waals surface area contributed by atoms with E-state index in [-0.39, 0.29) is 47.6 Å². The lowest BCUT2D eigenvalue weighted by atomic mass is 10.1. The fourth-order valence-electron chi connectivity index (χ4n) is 3.17. The van der Waals surface area contributed by atoms with Crippen LogP contribution in [0.3, 0.4) is 0 Å². The largest absolute Gasteiger partial charge is 0.465 e. The number of hydrogen-bond acceptors (Lipinski definition) is 7. The molecule has 0 aliphatic rings. The molecule has 0 unspecified atom stereocenters. The quantitative estimate of drug-likeness (QED) is 0.506. The van der Waals surface area contributed by atoms with Gasteiger partial charge in [0.15, 0.2) is 0 Å². The van der Waals surface area contributed by atoms with Crippen LogP contribution in [0.4, 0.5) is 10.1 Å². The van der Waals surface area contributed by atoms with Crippen LogP contribution in [0.15, 0.2) is 59.4 Å². The Kier molecular flexibility index (Phi) is 7.86. The maximum absolute atomic E-state index is 13.2. The van der Waals surface area contributed by atoms with E-state index in [2.05, 4.69) is 15.2 Å². The first-order valence-corrected chi connectivity index (χ1v) is 10.3. The Morgan fingerprint density at radius 3 is 2.35 bits per heavy atom. The van der Waals surface area contributed by atoms with Crippen molar-refractivity contribution in [1.82, 2.24) is 9.78 Å². The van der Waals surface area contributed by atoms with Gasteiger partial charge in [-0.3, -0.25) is 9.59 Å². The van der Waals surface area contributed by atoms with E-state index >= 15 is 0 Å². The average Bonchev–Trinajstić information content (AvgIpc) is 2.84. The first kappa shape index (κ1) is 24.3. The van der Waals surface area contributed by atoms with Crippen LogP contribution in [-0.4, -0.2) is 41.8 Å². The maximum atomic E-state index is 13.2. The Labute approximate surface area is 194 Å². The summed E-state index contributed by atoms with van der Waals surface area (Å²) in [7, 11) is 2.42. The van der Waals surface area contributed by atoms with Gasteiger partial charge in [0, 0.05) is 24.6 Å². The molecule has 0 fully saturated rings. The normalized spacial score (nSPS) is 10.4. The van der Waals surface area contributed by atoms with Crippen molar-refractivity contribution in [3.8, 4) is 11.3 Å². The summed E-state index contributed by atoms with van der Waals surface area (Å²) >= 11 is 0. The Balaban J connectivity index is 1.68. The molecule has 0 radical (unpaired) electrons. The number of halogens is 1. The summed E-state index contributed by atoms with van der Waals surface area (Å²) in [5, 5.41) is 6.88. The van der Waals surface area contributed by atoms with Crippen molar-refractivity contribution in [2.45, 2.75) is 19.4 Å². The van der Waals surface area contributed by atoms with Gasteiger partial charge in [-0.05, 0) is 55.0 Å². The van der Waals surface area contributed by atoms with Crippen LogP contribution in [0.5, 0.6) is 0 Å². The molecule has 0 spiro atoms. The van der Waals surface area contributed by atoms with Gasteiger partial charge in [0.25, 0.3) is 5.56 Å². The van der Waals surface area contributed by atoms with Crippen LogP contribution in [0.2, 0.25) is 0 Å². The minimum atomic E-state index is -0.680. The molecule has 2 aromatic carbocycles. The molecule has 0 aliphatic carbocycles. The standard InChI is InChI=1S/C24H22FN3O6/c1-33-23(31)16-7-10-18(24(32)34-2)20(14-16)26-21(29)4-3-13-28-22(30)12-11-19(27-28)15-5-8-17(25)9-6-15/h5-12,14H,3-4,13H2,1-2H3,(H,26,29). The van der Waals surface area contributed by atoms with Crippen LogP contribution in [0.1, 0.15) is 33.6 Å². The van der Waals surface area contributed by atoms with Gasteiger partial charge in [-0.1, -0.05) is 0 Å². The zero-order valence-electron chi connectivity index (χ0n) is 18.5. The van der Waals surface area contributed by atoms with Crippen LogP contribution in [0, 0.1) is 5.82 Å². The lowest BCUT2D eigenvalue weighted by Gasteiger charge is -2.12. The molecule has 3 aromatic rings. The number of nitrogens with one attached hydrogen (secondary N) is 1. The molecule has 1 amide bonds. The molecule has 176 valence electrons. The number of esters is 2. The van der Waals surface area contributed by atoms with E-state index < -0.39 is 17.8 Å². The predicted octanol–water partition coefficient (Wildman–Crippen LogP) is 3.04. The molecule has 3 rings (SSSR count). The molecule has 1 N–H and O–H groups in total. The minimum absolute atomic E-state index is 0.0119. The highest BCUT2D eigenvalue weighted by Gasteiger charge is 2.17. The SMILES string of the molecule is COC(=O)c1ccc(C(=O)OC)c(NC(=O)CCCn2nc(-c3ccc(F)cc3)ccc2=O)c1. The third kappa shape index (κ3) is 5.91. The zero-order valence-corrected chi connectivity index (χ0v) is 18.5. The van der Waals surface area contributed by atoms with E-state index in [9.17, 15) is 23.6 Å². The van der Waals surface area contributed by atoms with Gasteiger partial charge in [0.05, 0.1) is 36.7 Å². The van der Waals surface area contributed by atoms with Gasteiger partial charge >= 0.3 is 11.9 Å². The number of aryl methyl sites for hydroxylation is 1. The monoisotopic (exact) mass is 467 g/mol. The Morgan fingerprint density at radius 1 is 0.971 bits per heavy atom. The zero-order chi connectivity index (χ0) is 24.7. The number of hydrogen-bond donors (Lipinski definition) is 1. The number of carbonyl (C=O) groups is 3. The van der Waals surface area contributed by atoms with Crippen molar-refractivity contribution in [3.05, 3.63) is 81.9 Å². The van der Waals surface area contributed by atoms with Gasteiger partial charge in [-0.25, -0.2) is 18.7 Å². The number of rotatable bonds is 8. The fraction of sp³-hybridized carbons (Fsp3) is 0.208. The Hall–Kier alpha value is -4.34. The molecule has 34 heavy (non-hydrogen) atoms. The number of anilines is 1. The summed E-state index contributed by atoms with van der Waals surface area (Å²) < 4.78 is 23.8. The van der Waals surface area contributed by atoms with E-state index in [0.717, 1.165) is 0 Å². The van der Waals surface area contributed by atoms with Gasteiger partial charge in [-0.2, -0.15) is 5.10 Å². The maximum Gasteiger partial charge on any atom is 0.339 e. The number of amides is 1. The smallest absolute Gasteiger partial charge is 0.339 e. The third-order valence-corrected chi connectivity index (χ3v) is 4.90. The van der Waals surface area contributed by atoms with Gasteiger partial charge < -0.3 is 14.8 Å². The molecule has 0 atom stereocenters. The molecule has 9 nitrogen and oxygen atoms in total. The molecule has 1 heterocycles. The van der Waals surface area contributed by atoms with Crippen molar-refractivity contribution < 1.29 is 28.2 Å². The molecule has 0 saturated carbocycles. The average molecular weight is 467 g/mol. The molecular formula is C24H22FN3O6. The molecular weight excluding hydrogens is 445 g/mol. The third-order valence-electron chi connectivity index (χ3n) is 4.90. The molecule has 0 saturated heterocycles. The van der Waals surface area contributed by atoms with Crippen LogP contribution < -0.4 is 10.9 Å². The first-order valence-electron chi connectivity index (χ1n) is 10.3. The topological polar surface area (TPSA) is 117 Å². The molecule has 0 aliphatic heterocycles. The van der Waals surface area contributed by atoms with E-state index in [1.165, 1.54) is 55.3 Å². The van der Waals surface area contributed by atoms with Crippen molar-refractivity contribution in [1.29, 1.82) is 0 Å². The number of benzene rings is 2. The highest BCUT2D eigenvalue weighted by molar-refractivity contribution is 6.03. The predicted molar refractivity (Wildman–Crippen MR) is 121 cm³/mol. The second kappa shape index (κ2) is 11.0. The summed E-state index contributed by atoms with van der Waals surface area (Å²) in [6.07, 6.45) is 0.286. The highest BCUT2D eigenvalue weighted by Crippen LogP contribution is 2.20. The Morgan fingerprint density at radius 2 is 1.68 bits per heavy atom. The van der Waals surface area contributed by atoms with Crippen LogP contribution >= 0.6 is 0 Å². The second-order valence-corrected chi connectivity index (χ2v) is 7.18. The van der Waals surface area contributed by atoms with Crippen molar-refractivity contribution in [2.75, 3.05) is 19.5 Å². The highest BCUT2D eigenvalue weighted by atomic mass is 19.1. The van der Waals surface area contributed by atoms with E-state index in [1.807, 2.05) is 0 Å². The van der Waals surface area contributed by atoms with Crippen molar-refractivity contribution in [3.63, 3.8) is 0 Å². The second-order valence-electron chi connectivity index (χ2n) is 7.18. The number of carbonyl (C=O) groups excluding carboxylic acids is 3. The van der Waals surface area contributed by atoms with E-state index in [0.29, 0.717) is 11.3 Å². The van der Waals surface area contributed by atoms with E-state index in [4.69, 9.17) is 4.74 Å². The first-order chi connectivity index (χ1) is 16.3. The van der Waals surface area contributed by atoms with Crippen molar-refractivity contribution in [2.24, 2.45) is 0 Å². The van der Waals surface area contributed by atoms with Crippen LogP contribution in [0.25, 0.3) is 11.3 Å². The molecule has 0 bridgehead atoms. The number of ether oxygens (including phenoxy) is 2. The molecule has 10 heteroatoms. The van der Waals surface area contributed by atoms with Gasteiger partial charge in [-0.15, -0.1) is 0 Å². The Bertz CT molecular complexity index is 1270. The van der Waals surface area contributed by atoms with Crippen LogP contribution in [-0.2, 0) is 20.8 Å². The lowest BCUT2D eigenvalue weighted by molar-refractivity contribution is -0.116. The minimum Gasteiger partial charge on any atom is -0.465 e. The summed E-state index contributed by atoms with van der Waals surface area (Å²) in [6.45, 7) is 0.160. The van der Waals surface area contributed by atoms with E-state index in [1.54, 1.807) is 18.2 Å². The number of methoxy groups -OCH3 is 2. The number of nitrogens with zero attached hydrogens (tertiary/aromatic N) is 2. The molecule has 1 aromatic heterocycles.